The smallest absolute Gasteiger partial charge is 0.543 e. The molecular formula is C18H36Cu2O4Si2. The van der Waals surface area contributed by atoms with Gasteiger partial charge in [-0.2, -0.15) is 0 Å². The van der Waals surface area contributed by atoms with Crippen LogP contribution < -0.4 is 10.2 Å². The summed E-state index contributed by atoms with van der Waals surface area (Å²) in [6, 6.07) is 0. The van der Waals surface area contributed by atoms with Crippen LogP contribution in [0.1, 0.15) is 41.5 Å². The van der Waals surface area contributed by atoms with Crippen molar-refractivity contribution in [3.05, 3.63) is 24.6 Å². The van der Waals surface area contributed by atoms with Crippen molar-refractivity contribution in [3.63, 3.8) is 0 Å². The van der Waals surface area contributed by atoms with Crippen molar-refractivity contribution in [2.75, 3.05) is 0 Å². The zero-order valence-electron chi connectivity index (χ0n) is 17.8. The Morgan fingerprint density at radius 2 is 0.846 bits per heavy atom. The molecule has 0 fully saturated rings. The largest absolute Gasteiger partial charge is 1.00 e. The van der Waals surface area contributed by atoms with E-state index in [-0.39, 0.29) is 34.1 Å². The summed E-state index contributed by atoms with van der Waals surface area (Å²) in [6.45, 7) is 30.9. The van der Waals surface area contributed by atoms with Gasteiger partial charge in [0.25, 0.3) is 0 Å². The third-order valence-electron chi connectivity index (χ3n) is 5.05. The molecule has 0 aliphatic rings. The monoisotopic (exact) mass is 498 g/mol. The van der Waals surface area contributed by atoms with Gasteiger partial charge >= 0.3 is 34.1 Å². The molecule has 8 heteroatoms. The van der Waals surface area contributed by atoms with Gasteiger partial charge in [0.05, 0.1) is 28.1 Å². The molecule has 0 saturated heterocycles. The molecule has 0 amide bonds. The van der Waals surface area contributed by atoms with Crippen molar-refractivity contribution in [1.82, 2.24) is 0 Å². The van der Waals surface area contributed by atoms with Gasteiger partial charge in [-0.15, -0.1) is 24.6 Å². The Bertz CT molecular complexity index is 407. The fourth-order valence-corrected chi connectivity index (χ4v) is 1.84. The van der Waals surface area contributed by atoms with Gasteiger partial charge < -0.3 is 19.8 Å². The molecule has 0 saturated carbocycles. The molecule has 0 atom stereocenters. The normalized spacial score (nSPS) is 11.0. The van der Waals surface area contributed by atoms with Crippen molar-refractivity contribution in [2.24, 2.45) is 0 Å². The molecule has 162 valence electrons. The molecule has 0 bridgehead atoms. The number of hydrogen-bond donors (Lipinski definition) is 0. The molecule has 0 N–H and O–H groups in total. The molecule has 0 aliphatic heterocycles. The van der Waals surface area contributed by atoms with Gasteiger partial charge in [-0.1, -0.05) is 67.7 Å². The van der Waals surface area contributed by atoms with Crippen LogP contribution in [0.25, 0.3) is 0 Å². The van der Waals surface area contributed by atoms with Crippen LogP contribution >= 0.6 is 0 Å². The SMILES string of the molecule is C=C[Si](C)(C)C(C)(C)C.C=C[Si](C)(C)C(C)(C)C.O=C([O-])C(=O)[O-].[Cu+].[Cu+]. The summed E-state index contributed by atoms with van der Waals surface area (Å²) in [5, 5.41) is 18.8. The molecular weight excluding hydrogens is 463 g/mol. The van der Waals surface area contributed by atoms with Gasteiger partial charge in [0.15, 0.2) is 0 Å². The van der Waals surface area contributed by atoms with Gasteiger partial charge in [-0.3, -0.25) is 0 Å². The molecule has 0 aliphatic carbocycles. The average molecular weight is 500 g/mol. The maximum atomic E-state index is 8.93. The maximum absolute atomic E-state index is 8.93. The van der Waals surface area contributed by atoms with E-state index in [0.717, 1.165) is 0 Å². The quantitative estimate of drug-likeness (QED) is 0.432. The second-order valence-corrected chi connectivity index (χ2v) is 19.6. The second-order valence-electron chi connectivity index (χ2n) is 8.93. The first kappa shape index (κ1) is 36.8. The minimum atomic E-state index is -2.19. The van der Waals surface area contributed by atoms with E-state index in [0.29, 0.717) is 10.1 Å². The fraction of sp³-hybridized carbons (Fsp3) is 0.667. The molecule has 26 heavy (non-hydrogen) atoms. The zero-order valence-corrected chi connectivity index (χ0v) is 21.7. The van der Waals surface area contributed by atoms with Crippen LogP contribution in [0.3, 0.4) is 0 Å². The van der Waals surface area contributed by atoms with Crippen molar-refractivity contribution in [2.45, 2.75) is 77.8 Å². The van der Waals surface area contributed by atoms with E-state index in [4.69, 9.17) is 19.8 Å². The van der Waals surface area contributed by atoms with Crippen molar-refractivity contribution < 1.29 is 53.9 Å². The molecule has 0 unspecified atom stereocenters. The molecule has 0 heterocycles. The average Bonchev–Trinajstić information content (AvgIpc) is 2.37. The van der Waals surface area contributed by atoms with Crippen molar-refractivity contribution in [1.29, 1.82) is 0 Å². The van der Waals surface area contributed by atoms with Gasteiger partial charge in [0, 0.05) is 0 Å². The number of hydrogen-bond acceptors (Lipinski definition) is 4. The van der Waals surface area contributed by atoms with Crippen molar-refractivity contribution in [3.8, 4) is 0 Å². The van der Waals surface area contributed by atoms with E-state index >= 15 is 0 Å². The van der Waals surface area contributed by atoms with Crippen LogP contribution in [0, 0.1) is 0 Å². The second kappa shape index (κ2) is 14.0. The third-order valence-corrected chi connectivity index (χ3v) is 14.8. The Hall–Kier alpha value is -0.107. The van der Waals surface area contributed by atoms with E-state index in [2.05, 4.69) is 92.3 Å². The summed E-state index contributed by atoms with van der Waals surface area (Å²) in [5.74, 6) is -4.37. The topological polar surface area (TPSA) is 80.3 Å². The molecule has 0 aromatic rings. The summed E-state index contributed by atoms with van der Waals surface area (Å²) < 4.78 is 0. The Labute approximate surface area is 183 Å². The first-order valence-electron chi connectivity index (χ1n) is 7.96. The van der Waals surface area contributed by atoms with Gasteiger partial charge in [0.2, 0.25) is 0 Å². The van der Waals surface area contributed by atoms with Crippen LogP contribution in [0.2, 0.25) is 36.3 Å². The number of carbonyl (C=O) groups is 2. The minimum absolute atomic E-state index is 0. The van der Waals surface area contributed by atoms with Crippen molar-refractivity contribution >= 4 is 28.1 Å². The fourth-order valence-electron chi connectivity index (χ4n) is 0.612. The summed E-state index contributed by atoms with van der Waals surface area (Å²) in [4.78, 5) is 17.9. The van der Waals surface area contributed by atoms with E-state index in [1.807, 2.05) is 0 Å². The maximum Gasteiger partial charge on any atom is 1.00 e. The van der Waals surface area contributed by atoms with Crippen LogP contribution in [-0.2, 0) is 43.7 Å². The summed E-state index contributed by atoms with van der Waals surface area (Å²) >= 11 is 0. The number of carboxylic acid groups (broad SMARTS) is 2. The third kappa shape index (κ3) is 16.1. The van der Waals surface area contributed by atoms with Gasteiger partial charge in [-0.25, -0.2) is 0 Å². The molecule has 0 spiro atoms. The molecule has 0 aromatic carbocycles. The van der Waals surface area contributed by atoms with E-state index in [1.54, 1.807) is 0 Å². The Morgan fingerprint density at radius 1 is 0.692 bits per heavy atom. The number of carboxylic acids is 2. The van der Waals surface area contributed by atoms with E-state index < -0.39 is 28.1 Å². The standard InChI is InChI=1S/2C8H18Si.C2H2O4.2Cu/c2*1-7-9(5,6)8(2,3)4;3-1(4)2(5)6;;/h2*7H,1H2,2-6H3;(H,3,4)(H,5,6);;/q;;;2*+1/p-2. The number of carbonyl (C=O) groups excluding carboxylic acids is 2. The number of rotatable bonds is 2. The van der Waals surface area contributed by atoms with Gasteiger partial charge in [0.1, 0.15) is 0 Å². The van der Waals surface area contributed by atoms with Crippen LogP contribution in [-0.4, -0.2) is 28.1 Å². The Morgan fingerprint density at radius 3 is 0.846 bits per heavy atom. The van der Waals surface area contributed by atoms with Crippen LogP contribution in [0.15, 0.2) is 24.6 Å². The molecule has 0 rings (SSSR count). The molecule has 4 nitrogen and oxygen atoms in total. The summed E-state index contributed by atoms with van der Waals surface area (Å²) in [5.41, 5.74) is 4.32. The molecule has 0 radical (unpaired) electrons. The van der Waals surface area contributed by atoms with E-state index in [9.17, 15) is 0 Å². The minimum Gasteiger partial charge on any atom is -0.543 e. The number of aliphatic carboxylic acids is 2. The predicted octanol–water partition coefficient (Wildman–Crippen LogP) is 2.92. The first-order valence-corrected chi connectivity index (χ1v) is 14.1. The van der Waals surface area contributed by atoms with E-state index in [1.165, 1.54) is 0 Å². The van der Waals surface area contributed by atoms with Crippen LogP contribution in [0.5, 0.6) is 0 Å². The summed E-state index contributed by atoms with van der Waals surface area (Å²) in [7, 11) is -2.23. The van der Waals surface area contributed by atoms with Gasteiger partial charge in [-0.05, 0) is 10.1 Å². The Balaban J connectivity index is -0.0000000834. The summed E-state index contributed by atoms with van der Waals surface area (Å²) in [6.07, 6.45) is 0. The first-order chi connectivity index (χ1) is 10.3. The molecule has 0 aromatic heterocycles. The predicted molar refractivity (Wildman–Crippen MR) is 105 cm³/mol. The zero-order chi connectivity index (χ0) is 20.6. The Kier molecular flexibility index (Phi) is 19.8. The van der Waals surface area contributed by atoms with Crippen LogP contribution in [0.4, 0.5) is 0 Å².